The molecular formula is C5H12N2O2. The quantitative estimate of drug-likeness (QED) is 0.446. The van der Waals surface area contributed by atoms with Crippen molar-refractivity contribution in [2.75, 3.05) is 14.1 Å². The molecule has 54 valence electrons. The number of carbonyl (C=O) groups excluding carboxylic acids is 2. The molecule has 0 heterocycles. The van der Waals surface area contributed by atoms with E-state index in [1.54, 1.807) is 14.1 Å². The topological polar surface area (TPSA) is 58.2 Å². The minimum absolute atomic E-state index is 0.157. The summed E-state index contributed by atoms with van der Waals surface area (Å²) in [5.41, 5.74) is 0. The zero-order chi connectivity index (χ0) is 7.70. The van der Waals surface area contributed by atoms with Crippen molar-refractivity contribution < 1.29 is 9.59 Å². The summed E-state index contributed by atoms with van der Waals surface area (Å²) < 4.78 is 0. The molecule has 0 atom stereocenters. The third-order valence-electron chi connectivity index (χ3n) is 0.454. The van der Waals surface area contributed by atoms with Gasteiger partial charge in [0.25, 0.3) is 0 Å². The van der Waals surface area contributed by atoms with Crippen LogP contribution in [-0.2, 0) is 4.79 Å². The molecule has 0 rings (SSSR count). The zero-order valence-electron chi connectivity index (χ0n) is 5.89. The first-order valence-corrected chi connectivity index (χ1v) is 2.52. The molecule has 0 spiro atoms. The molecule has 0 aliphatic heterocycles. The monoisotopic (exact) mass is 132 g/mol. The van der Waals surface area contributed by atoms with Crippen LogP contribution >= 0.6 is 0 Å². The van der Waals surface area contributed by atoms with Crippen LogP contribution in [0.2, 0.25) is 0 Å². The van der Waals surface area contributed by atoms with Crippen molar-refractivity contribution in [2.24, 2.45) is 0 Å². The van der Waals surface area contributed by atoms with E-state index in [1.165, 1.54) is 6.92 Å². The van der Waals surface area contributed by atoms with Crippen LogP contribution in [0.25, 0.3) is 0 Å². The Kier molecular flexibility index (Phi) is 12.1. The first kappa shape index (κ1) is 10.8. The summed E-state index contributed by atoms with van der Waals surface area (Å²) in [4.78, 5) is 18.8. The van der Waals surface area contributed by atoms with Gasteiger partial charge in [-0.1, -0.05) is 0 Å². The average molecular weight is 132 g/mol. The Balaban J connectivity index is 0. The first-order valence-electron chi connectivity index (χ1n) is 2.52. The Morgan fingerprint density at radius 3 is 1.56 bits per heavy atom. The van der Waals surface area contributed by atoms with E-state index in [4.69, 9.17) is 4.79 Å². The molecule has 0 aliphatic rings. The van der Waals surface area contributed by atoms with Gasteiger partial charge >= 0.3 is 6.03 Å². The number of hydrogen-bond acceptors (Lipinski definition) is 2. The normalized spacial score (nSPS) is 6.11. The van der Waals surface area contributed by atoms with E-state index in [2.05, 4.69) is 10.6 Å². The van der Waals surface area contributed by atoms with Gasteiger partial charge in [0.2, 0.25) is 0 Å². The van der Waals surface area contributed by atoms with Crippen LogP contribution in [0.4, 0.5) is 4.79 Å². The first-order chi connectivity index (χ1) is 4.22. The van der Waals surface area contributed by atoms with Gasteiger partial charge in [0.1, 0.15) is 6.29 Å². The third kappa shape index (κ3) is 19.6. The van der Waals surface area contributed by atoms with Crippen LogP contribution in [0, 0.1) is 0 Å². The van der Waals surface area contributed by atoms with Gasteiger partial charge in [0.15, 0.2) is 0 Å². The van der Waals surface area contributed by atoms with Gasteiger partial charge in [-0.05, 0) is 6.92 Å². The Morgan fingerprint density at radius 2 is 1.56 bits per heavy atom. The molecule has 0 saturated carbocycles. The summed E-state index contributed by atoms with van der Waals surface area (Å²) in [6.07, 6.45) is 0.750. The largest absolute Gasteiger partial charge is 0.341 e. The highest BCUT2D eigenvalue weighted by Gasteiger charge is 1.81. The second-order valence-corrected chi connectivity index (χ2v) is 1.06. The summed E-state index contributed by atoms with van der Waals surface area (Å²) >= 11 is 0. The van der Waals surface area contributed by atoms with Crippen molar-refractivity contribution in [3.05, 3.63) is 0 Å². The molecule has 0 bridgehead atoms. The lowest BCUT2D eigenvalue weighted by Crippen LogP contribution is -2.28. The fourth-order valence-electron chi connectivity index (χ4n) is 0.125. The van der Waals surface area contributed by atoms with E-state index >= 15 is 0 Å². The van der Waals surface area contributed by atoms with Crippen LogP contribution in [-0.4, -0.2) is 26.4 Å². The Morgan fingerprint density at radius 1 is 1.33 bits per heavy atom. The number of amides is 2. The van der Waals surface area contributed by atoms with E-state index in [0.29, 0.717) is 0 Å². The van der Waals surface area contributed by atoms with Gasteiger partial charge in [-0.15, -0.1) is 0 Å². The van der Waals surface area contributed by atoms with Crippen molar-refractivity contribution in [1.29, 1.82) is 0 Å². The molecule has 0 aromatic carbocycles. The highest BCUT2D eigenvalue weighted by atomic mass is 16.2. The second-order valence-electron chi connectivity index (χ2n) is 1.06. The highest BCUT2D eigenvalue weighted by Crippen LogP contribution is 1.48. The lowest BCUT2D eigenvalue weighted by atomic mass is 11.0. The maximum atomic E-state index is 9.96. The molecular weight excluding hydrogens is 120 g/mol. The van der Waals surface area contributed by atoms with Crippen molar-refractivity contribution >= 4 is 12.3 Å². The van der Waals surface area contributed by atoms with Crippen LogP contribution in [0.15, 0.2) is 0 Å². The van der Waals surface area contributed by atoms with Gasteiger partial charge < -0.3 is 15.4 Å². The lowest BCUT2D eigenvalue weighted by Gasteiger charge is -1.91. The van der Waals surface area contributed by atoms with E-state index in [1.807, 2.05) is 0 Å². The summed E-state index contributed by atoms with van der Waals surface area (Å²) in [5.74, 6) is 0. The fourth-order valence-corrected chi connectivity index (χ4v) is 0.125. The predicted molar refractivity (Wildman–Crippen MR) is 35.3 cm³/mol. The SMILES string of the molecule is CC=O.CNC(=O)NC. The highest BCUT2D eigenvalue weighted by molar-refractivity contribution is 5.72. The summed E-state index contributed by atoms with van der Waals surface area (Å²) in [5, 5.41) is 4.73. The summed E-state index contributed by atoms with van der Waals surface area (Å²) in [7, 11) is 3.14. The standard InChI is InChI=1S/C3H8N2O.C2H4O/c1-4-3(6)5-2;1-2-3/h1-2H3,(H2,4,5,6);2H,1H3. The van der Waals surface area contributed by atoms with Crippen molar-refractivity contribution in [1.82, 2.24) is 10.6 Å². The summed E-state index contributed by atoms with van der Waals surface area (Å²) in [6, 6.07) is -0.157. The van der Waals surface area contributed by atoms with Crippen LogP contribution in [0.5, 0.6) is 0 Å². The van der Waals surface area contributed by atoms with Gasteiger partial charge in [-0.2, -0.15) is 0 Å². The van der Waals surface area contributed by atoms with Gasteiger partial charge in [-0.3, -0.25) is 0 Å². The van der Waals surface area contributed by atoms with E-state index in [9.17, 15) is 4.79 Å². The van der Waals surface area contributed by atoms with Crippen molar-refractivity contribution in [3.63, 3.8) is 0 Å². The smallest absolute Gasteiger partial charge is 0.314 e. The number of carbonyl (C=O) groups is 2. The van der Waals surface area contributed by atoms with Crippen molar-refractivity contribution in [3.8, 4) is 0 Å². The zero-order valence-corrected chi connectivity index (χ0v) is 5.89. The number of aldehydes is 1. The number of urea groups is 1. The summed E-state index contributed by atoms with van der Waals surface area (Å²) in [6.45, 7) is 1.44. The Bertz CT molecular complexity index is 77.0. The molecule has 2 N–H and O–H groups in total. The predicted octanol–water partition coefficient (Wildman–Crippen LogP) is -0.250. The van der Waals surface area contributed by atoms with E-state index in [0.717, 1.165) is 6.29 Å². The van der Waals surface area contributed by atoms with Crippen molar-refractivity contribution in [2.45, 2.75) is 6.92 Å². The van der Waals surface area contributed by atoms with E-state index < -0.39 is 0 Å². The second kappa shape index (κ2) is 10.0. The molecule has 0 aromatic heterocycles. The number of hydrogen-bond donors (Lipinski definition) is 2. The molecule has 0 unspecified atom stereocenters. The molecule has 0 aliphatic carbocycles. The van der Waals surface area contributed by atoms with Crippen LogP contribution < -0.4 is 10.6 Å². The molecule has 9 heavy (non-hydrogen) atoms. The molecule has 0 saturated heterocycles. The lowest BCUT2D eigenvalue weighted by molar-refractivity contribution is -0.106. The number of nitrogens with one attached hydrogen (secondary N) is 2. The molecule has 0 aromatic rings. The minimum Gasteiger partial charge on any atom is -0.341 e. The Labute approximate surface area is 54.6 Å². The molecule has 0 fully saturated rings. The van der Waals surface area contributed by atoms with Crippen LogP contribution in [0.1, 0.15) is 6.92 Å². The fraction of sp³-hybridized carbons (Fsp3) is 0.600. The van der Waals surface area contributed by atoms with Gasteiger partial charge in [0.05, 0.1) is 0 Å². The molecule has 4 nitrogen and oxygen atoms in total. The Hall–Kier alpha value is -1.06. The van der Waals surface area contributed by atoms with Gasteiger partial charge in [-0.25, -0.2) is 4.79 Å². The van der Waals surface area contributed by atoms with Gasteiger partial charge in [0, 0.05) is 14.1 Å². The molecule has 0 radical (unpaired) electrons. The average Bonchev–Trinajstić information content (AvgIpc) is 1.88. The molecule has 4 heteroatoms. The van der Waals surface area contributed by atoms with E-state index in [-0.39, 0.29) is 6.03 Å². The molecule has 2 amide bonds. The van der Waals surface area contributed by atoms with Crippen LogP contribution in [0.3, 0.4) is 0 Å². The minimum atomic E-state index is -0.157. The maximum absolute atomic E-state index is 9.96. The maximum Gasteiger partial charge on any atom is 0.314 e. The number of rotatable bonds is 0. The third-order valence-corrected chi connectivity index (χ3v) is 0.454.